The quantitative estimate of drug-likeness (QED) is 0.473. The van der Waals surface area contributed by atoms with Crippen molar-refractivity contribution in [1.82, 2.24) is 0 Å². The minimum atomic E-state index is 0.724. The SMILES string of the molecule is BrCCCCCOc1ccccc1Oc1ccccc1. The summed E-state index contributed by atoms with van der Waals surface area (Å²) < 4.78 is 11.7. The highest BCUT2D eigenvalue weighted by atomic mass is 79.9. The van der Waals surface area contributed by atoms with E-state index in [0.717, 1.165) is 35.6 Å². The molecule has 2 rings (SSSR count). The summed E-state index contributed by atoms with van der Waals surface area (Å²) in [5.74, 6) is 2.39. The molecular weight excluding hydrogens is 316 g/mol. The predicted octanol–water partition coefficient (Wildman–Crippen LogP) is 5.42. The van der Waals surface area contributed by atoms with Crippen molar-refractivity contribution in [1.29, 1.82) is 0 Å². The Bertz CT molecular complexity index is 499. The molecule has 0 heterocycles. The topological polar surface area (TPSA) is 18.5 Å². The Balaban J connectivity index is 1.92. The predicted molar refractivity (Wildman–Crippen MR) is 86.1 cm³/mol. The summed E-state index contributed by atoms with van der Waals surface area (Å²) in [5.41, 5.74) is 0. The van der Waals surface area contributed by atoms with E-state index in [2.05, 4.69) is 15.9 Å². The summed E-state index contributed by atoms with van der Waals surface area (Å²) in [5, 5.41) is 1.06. The highest BCUT2D eigenvalue weighted by Gasteiger charge is 2.05. The van der Waals surface area contributed by atoms with Crippen molar-refractivity contribution in [2.45, 2.75) is 19.3 Å². The van der Waals surface area contributed by atoms with Gasteiger partial charge in [-0.15, -0.1) is 0 Å². The van der Waals surface area contributed by atoms with E-state index >= 15 is 0 Å². The Morgan fingerprint density at radius 2 is 1.45 bits per heavy atom. The number of rotatable bonds is 8. The molecule has 0 spiro atoms. The van der Waals surface area contributed by atoms with Crippen LogP contribution in [0.25, 0.3) is 0 Å². The Morgan fingerprint density at radius 3 is 2.20 bits per heavy atom. The molecule has 0 saturated heterocycles. The van der Waals surface area contributed by atoms with Crippen LogP contribution >= 0.6 is 15.9 Å². The molecule has 2 aromatic carbocycles. The van der Waals surface area contributed by atoms with Crippen LogP contribution in [0, 0.1) is 0 Å². The van der Waals surface area contributed by atoms with Crippen molar-refractivity contribution >= 4 is 15.9 Å². The molecule has 0 atom stereocenters. The van der Waals surface area contributed by atoms with E-state index < -0.39 is 0 Å². The Morgan fingerprint density at radius 1 is 0.750 bits per heavy atom. The average Bonchev–Trinajstić information content (AvgIpc) is 2.50. The van der Waals surface area contributed by atoms with Crippen LogP contribution in [0.4, 0.5) is 0 Å². The van der Waals surface area contributed by atoms with Crippen molar-refractivity contribution in [2.24, 2.45) is 0 Å². The van der Waals surface area contributed by atoms with Crippen molar-refractivity contribution in [2.75, 3.05) is 11.9 Å². The molecule has 106 valence electrons. The molecule has 0 unspecified atom stereocenters. The lowest BCUT2D eigenvalue weighted by Gasteiger charge is -2.12. The van der Waals surface area contributed by atoms with Crippen molar-refractivity contribution in [3.05, 3.63) is 54.6 Å². The summed E-state index contributed by atoms with van der Waals surface area (Å²) in [4.78, 5) is 0. The zero-order chi connectivity index (χ0) is 14.0. The largest absolute Gasteiger partial charge is 0.490 e. The molecule has 0 radical (unpaired) electrons. The first kappa shape index (κ1) is 14.9. The third kappa shape index (κ3) is 4.89. The van der Waals surface area contributed by atoms with Crippen LogP contribution in [0.3, 0.4) is 0 Å². The maximum atomic E-state index is 5.86. The molecule has 3 heteroatoms. The fourth-order valence-corrected chi connectivity index (χ4v) is 2.22. The first-order chi connectivity index (χ1) is 9.90. The van der Waals surface area contributed by atoms with Gasteiger partial charge in [0.25, 0.3) is 0 Å². The molecule has 2 nitrogen and oxygen atoms in total. The van der Waals surface area contributed by atoms with Crippen LogP contribution in [0.5, 0.6) is 17.2 Å². The maximum absolute atomic E-state index is 5.86. The van der Waals surface area contributed by atoms with E-state index in [1.807, 2.05) is 54.6 Å². The van der Waals surface area contributed by atoms with Crippen molar-refractivity contribution in [3.63, 3.8) is 0 Å². The second-order valence-electron chi connectivity index (χ2n) is 4.46. The Labute approximate surface area is 128 Å². The number of halogens is 1. The zero-order valence-electron chi connectivity index (χ0n) is 11.4. The van der Waals surface area contributed by atoms with Crippen molar-refractivity contribution in [3.8, 4) is 17.2 Å². The molecule has 0 aliphatic rings. The van der Waals surface area contributed by atoms with E-state index in [9.17, 15) is 0 Å². The van der Waals surface area contributed by atoms with Crippen LogP contribution in [0.1, 0.15) is 19.3 Å². The number of unbranched alkanes of at least 4 members (excludes halogenated alkanes) is 2. The second kappa shape index (κ2) is 8.64. The average molecular weight is 335 g/mol. The van der Waals surface area contributed by atoms with E-state index in [1.165, 1.54) is 12.8 Å². The van der Waals surface area contributed by atoms with Crippen LogP contribution < -0.4 is 9.47 Å². The van der Waals surface area contributed by atoms with Gasteiger partial charge in [-0.25, -0.2) is 0 Å². The zero-order valence-corrected chi connectivity index (χ0v) is 13.0. The van der Waals surface area contributed by atoms with Crippen LogP contribution in [0.2, 0.25) is 0 Å². The highest BCUT2D eigenvalue weighted by Crippen LogP contribution is 2.31. The van der Waals surface area contributed by atoms with Gasteiger partial charge in [0.2, 0.25) is 0 Å². The lowest BCUT2D eigenvalue weighted by molar-refractivity contribution is 0.293. The first-order valence-electron chi connectivity index (χ1n) is 6.91. The van der Waals surface area contributed by atoms with Gasteiger partial charge in [0.05, 0.1) is 6.61 Å². The minimum Gasteiger partial charge on any atom is -0.490 e. The second-order valence-corrected chi connectivity index (χ2v) is 5.25. The van der Waals surface area contributed by atoms with Crippen molar-refractivity contribution < 1.29 is 9.47 Å². The normalized spacial score (nSPS) is 10.2. The fraction of sp³-hybridized carbons (Fsp3) is 0.294. The third-order valence-electron chi connectivity index (χ3n) is 2.86. The van der Waals surface area contributed by atoms with Crippen LogP contribution in [0.15, 0.2) is 54.6 Å². The Kier molecular flexibility index (Phi) is 6.45. The molecule has 0 aliphatic carbocycles. The summed E-state index contributed by atoms with van der Waals surface area (Å²) in [7, 11) is 0. The number of alkyl halides is 1. The molecular formula is C17H19BrO2. The van der Waals surface area contributed by atoms with Gasteiger partial charge in [0.1, 0.15) is 5.75 Å². The van der Waals surface area contributed by atoms with E-state index in [1.54, 1.807) is 0 Å². The number of para-hydroxylation sites is 3. The van der Waals surface area contributed by atoms with Gasteiger partial charge in [-0.3, -0.25) is 0 Å². The summed E-state index contributed by atoms with van der Waals surface area (Å²) >= 11 is 3.43. The Hall–Kier alpha value is -1.48. The van der Waals surface area contributed by atoms with Gasteiger partial charge in [-0.1, -0.05) is 46.3 Å². The van der Waals surface area contributed by atoms with Gasteiger partial charge in [0.15, 0.2) is 11.5 Å². The molecule has 2 aromatic rings. The van der Waals surface area contributed by atoms with Crippen LogP contribution in [-0.4, -0.2) is 11.9 Å². The number of hydrogen-bond donors (Lipinski definition) is 0. The van der Waals surface area contributed by atoms with Gasteiger partial charge in [-0.2, -0.15) is 0 Å². The molecule has 0 amide bonds. The fourth-order valence-electron chi connectivity index (χ4n) is 1.82. The molecule has 0 fully saturated rings. The lowest BCUT2D eigenvalue weighted by atomic mass is 10.2. The third-order valence-corrected chi connectivity index (χ3v) is 3.42. The van der Waals surface area contributed by atoms with Gasteiger partial charge >= 0.3 is 0 Å². The lowest BCUT2D eigenvalue weighted by Crippen LogP contribution is -1.99. The molecule has 0 bridgehead atoms. The van der Waals surface area contributed by atoms with Crippen LogP contribution in [-0.2, 0) is 0 Å². The van der Waals surface area contributed by atoms with Gasteiger partial charge in [-0.05, 0) is 43.5 Å². The van der Waals surface area contributed by atoms with E-state index in [-0.39, 0.29) is 0 Å². The number of hydrogen-bond acceptors (Lipinski definition) is 2. The summed E-state index contributed by atoms with van der Waals surface area (Å²) in [6, 6.07) is 17.6. The number of benzene rings is 2. The summed E-state index contributed by atoms with van der Waals surface area (Å²) in [6.45, 7) is 0.724. The standard InChI is InChI=1S/C17H19BrO2/c18-13-7-2-8-14-19-16-11-5-6-12-17(16)20-15-9-3-1-4-10-15/h1,3-6,9-12H,2,7-8,13-14H2. The van der Waals surface area contributed by atoms with E-state index in [4.69, 9.17) is 9.47 Å². The molecule has 0 aromatic heterocycles. The highest BCUT2D eigenvalue weighted by molar-refractivity contribution is 9.09. The molecule has 0 saturated carbocycles. The molecule has 20 heavy (non-hydrogen) atoms. The minimum absolute atomic E-state index is 0.724. The van der Waals surface area contributed by atoms with Gasteiger partial charge in [0, 0.05) is 5.33 Å². The number of ether oxygens (including phenoxy) is 2. The maximum Gasteiger partial charge on any atom is 0.169 e. The van der Waals surface area contributed by atoms with Gasteiger partial charge < -0.3 is 9.47 Å². The molecule has 0 aliphatic heterocycles. The first-order valence-corrected chi connectivity index (χ1v) is 8.03. The molecule has 0 N–H and O–H groups in total. The smallest absolute Gasteiger partial charge is 0.169 e. The monoisotopic (exact) mass is 334 g/mol. The summed E-state index contributed by atoms with van der Waals surface area (Å²) in [6.07, 6.45) is 3.42. The van der Waals surface area contributed by atoms with E-state index in [0.29, 0.717) is 0 Å².